The molecule has 0 aliphatic heterocycles. The molecule has 0 fully saturated rings. The molecule has 0 spiro atoms. The molecule has 0 amide bonds. The van der Waals surface area contributed by atoms with Crippen molar-refractivity contribution >= 4 is 12.9 Å². The molecule has 0 radical (unpaired) electrons. The largest absolute Gasteiger partial charge is 0.497 e. The van der Waals surface area contributed by atoms with Crippen molar-refractivity contribution in [2.45, 2.75) is 39.8 Å². The first-order valence-corrected chi connectivity index (χ1v) is 6.45. The van der Waals surface area contributed by atoms with E-state index in [4.69, 9.17) is 9.47 Å². The summed E-state index contributed by atoms with van der Waals surface area (Å²) in [4.78, 5) is 2.44. The minimum absolute atomic E-state index is 0.516. The summed E-state index contributed by atoms with van der Waals surface area (Å²) in [6, 6.07) is 7.07. The predicted octanol–water partition coefficient (Wildman–Crippen LogP) is 1.80. The zero-order chi connectivity index (χ0) is 13.7. The lowest BCUT2D eigenvalue weighted by molar-refractivity contribution is 0.315. The smallest absolute Gasteiger partial charge is 0.239 e. The van der Waals surface area contributed by atoms with E-state index in [1.165, 1.54) is 5.46 Å². The average Bonchev–Trinajstić information content (AvgIpc) is 2.34. The second-order valence-electron chi connectivity index (χ2n) is 5.08. The van der Waals surface area contributed by atoms with Gasteiger partial charge in [0.15, 0.2) is 0 Å². The average molecular weight is 249 g/mol. The van der Waals surface area contributed by atoms with Crippen LogP contribution < -0.4 is 14.9 Å². The molecule has 4 heteroatoms. The third kappa shape index (κ3) is 3.95. The summed E-state index contributed by atoms with van der Waals surface area (Å²) in [7, 11) is 4.27. The van der Waals surface area contributed by atoms with Crippen molar-refractivity contribution in [2.75, 3.05) is 14.2 Å². The van der Waals surface area contributed by atoms with Crippen molar-refractivity contribution in [2.24, 2.45) is 0 Å². The molecule has 0 heterocycles. The SMILES string of the molecule is COc1cc(BN(C(C)C)C(C)C)cc(OC)c1. The van der Waals surface area contributed by atoms with Gasteiger partial charge in [-0.05, 0) is 24.2 Å². The van der Waals surface area contributed by atoms with Gasteiger partial charge in [0.2, 0.25) is 7.41 Å². The summed E-state index contributed by atoms with van der Waals surface area (Å²) in [6.07, 6.45) is 0. The molecular formula is C14H24BNO2. The van der Waals surface area contributed by atoms with Crippen molar-refractivity contribution in [3.8, 4) is 11.5 Å². The number of hydrogen-bond donors (Lipinski definition) is 0. The topological polar surface area (TPSA) is 21.7 Å². The molecule has 0 saturated carbocycles. The Hall–Kier alpha value is -1.16. The molecule has 1 rings (SSSR count). The van der Waals surface area contributed by atoms with E-state index in [1.54, 1.807) is 14.2 Å². The Kier molecular flexibility index (Phi) is 5.54. The maximum Gasteiger partial charge on any atom is 0.239 e. The van der Waals surface area contributed by atoms with Gasteiger partial charge in [0.1, 0.15) is 11.5 Å². The van der Waals surface area contributed by atoms with Crippen LogP contribution in [0.5, 0.6) is 11.5 Å². The molecule has 3 nitrogen and oxygen atoms in total. The van der Waals surface area contributed by atoms with E-state index >= 15 is 0 Å². The van der Waals surface area contributed by atoms with Gasteiger partial charge in [0.05, 0.1) is 14.2 Å². The van der Waals surface area contributed by atoms with Crippen LogP contribution in [0.3, 0.4) is 0 Å². The molecule has 100 valence electrons. The first kappa shape index (κ1) is 14.9. The monoisotopic (exact) mass is 249 g/mol. The fraction of sp³-hybridized carbons (Fsp3) is 0.571. The van der Waals surface area contributed by atoms with Crippen LogP contribution in [0.25, 0.3) is 0 Å². The summed E-state index contributed by atoms with van der Waals surface area (Å²) in [5.41, 5.74) is 1.22. The number of methoxy groups -OCH3 is 2. The predicted molar refractivity (Wildman–Crippen MR) is 78.4 cm³/mol. The van der Waals surface area contributed by atoms with Crippen LogP contribution in [0.4, 0.5) is 0 Å². The summed E-state index contributed by atoms with van der Waals surface area (Å²) in [6.45, 7) is 8.88. The van der Waals surface area contributed by atoms with E-state index < -0.39 is 0 Å². The second kappa shape index (κ2) is 6.69. The van der Waals surface area contributed by atoms with Crippen LogP contribution in [0.2, 0.25) is 0 Å². The number of ether oxygens (including phenoxy) is 2. The van der Waals surface area contributed by atoms with Crippen molar-refractivity contribution < 1.29 is 9.47 Å². The first-order chi connectivity index (χ1) is 8.47. The minimum atomic E-state index is 0.516. The summed E-state index contributed by atoms with van der Waals surface area (Å²) in [5.74, 6) is 1.69. The van der Waals surface area contributed by atoms with Crippen LogP contribution in [-0.2, 0) is 0 Å². The van der Waals surface area contributed by atoms with E-state index in [0.29, 0.717) is 12.1 Å². The van der Waals surface area contributed by atoms with Gasteiger partial charge in [-0.15, -0.1) is 0 Å². The third-order valence-corrected chi connectivity index (χ3v) is 3.10. The number of rotatable bonds is 6. The molecule has 0 N–H and O–H groups in total. The summed E-state index contributed by atoms with van der Waals surface area (Å²) in [5, 5.41) is 0. The van der Waals surface area contributed by atoms with E-state index in [0.717, 1.165) is 18.9 Å². The Labute approximate surface area is 111 Å². The number of hydrogen-bond acceptors (Lipinski definition) is 3. The Bertz CT molecular complexity index is 350. The molecule has 0 aliphatic carbocycles. The highest BCUT2D eigenvalue weighted by Crippen LogP contribution is 2.17. The van der Waals surface area contributed by atoms with Crippen molar-refractivity contribution in [1.82, 2.24) is 4.81 Å². The standard InChI is InChI=1S/C14H24BNO2/c1-10(2)16(11(3)4)15-12-7-13(17-5)9-14(8-12)18-6/h7-11,15H,1-6H3. The minimum Gasteiger partial charge on any atom is -0.497 e. The molecule has 18 heavy (non-hydrogen) atoms. The number of nitrogens with zero attached hydrogens (tertiary/aromatic N) is 1. The Morgan fingerprint density at radius 2 is 1.33 bits per heavy atom. The Morgan fingerprint density at radius 1 is 0.889 bits per heavy atom. The fourth-order valence-electron chi connectivity index (χ4n) is 2.13. The fourth-order valence-corrected chi connectivity index (χ4v) is 2.13. The van der Waals surface area contributed by atoms with E-state index in [1.807, 2.05) is 6.07 Å². The van der Waals surface area contributed by atoms with Crippen molar-refractivity contribution in [1.29, 1.82) is 0 Å². The van der Waals surface area contributed by atoms with E-state index in [2.05, 4.69) is 44.6 Å². The van der Waals surface area contributed by atoms with Gasteiger partial charge in [0, 0.05) is 6.07 Å². The van der Waals surface area contributed by atoms with Gasteiger partial charge in [-0.25, -0.2) is 0 Å². The number of benzene rings is 1. The lowest BCUT2D eigenvalue weighted by Gasteiger charge is -2.30. The lowest BCUT2D eigenvalue weighted by Crippen LogP contribution is -2.45. The first-order valence-electron chi connectivity index (χ1n) is 6.45. The maximum atomic E-state index is 5.30. The molecule has 0 bridgehead atoms. The molecule has 0 atom stereocenters. The van der Waals surface area contributed by atoms with Gasteiger partial charge < -0.3 is 14.3 Å². The Balaban J connectivity index is 2.94. The zero-order valence-electron chi connectivity index (χ0n) is 12.4. The normalized spacial score (nSPS) is 11.2. The van der Waals surface area contributed by atoms with Gasteiger partial charge >= 0.3 is 0 Å². The molecular weight excluding hydrogens is 225 g/mol. The summed E-state index contributed by atoms with van der Waals surface area (Å²) < 4.78 is 10.6. The zero-order valence-corrected chi connectivity index (χ0v) is 12.4. The quantitative estimate of drug-likeness (QED) is 0.717. The van der Waals surface area contributed by atoms with Crippen LogP contribution >= 0.6 is 0 Å². The van der Waals surface area contributed by atoms with Crippen LogP contribution in [0.15, 0.2) is 18.2 Å². The maximum absolute atomic E-state index is 5.30. The molecule has 1 aromatic rings. The third-order valence-electron chi connectivity index (χ3n) is 3.10. The molecule has 0 unspecified atom stereocenters. The highest BCUT2D eigenvalue weighted by atomic mass is 16.5. The van der Waals surface area contributed by atoms with Gasteiger partial charge in [-0.3, -0.25) is 0 Å². The van der Waals surface area contributed by atoms with Gasteiger partial charge in [0.25, 0.3) is 0 Å². The Morgan fingerprint density at radius 3 is 1.67 bits per heavy atom. The molecule has 0 aromatic heterocycles. The van der Waals surface area contributed by atoms with Gasteiger partial charge in [-0.1, -0.05) is 33.2 Å². The van der Waals surface area contributed by atoms with Crippen LogP contribution in [0, 0.1) is 0 Å². The van der Waals surface area contributed by atoms with E-state index in [9.17, 15) is 0 Å². The van der Waals surface area contributed by atoms with E-state index in [-0.39, 0.29) is 0 Å². The van der Waals surface area contributed by atoms with Crippen LogP contribution in [-0.4, -0.2) is 38.5 Å². The highest BCUT2D eigenvalue weighted by Gasteiger charge is 2.16. The molecule has 0 aliphatic rings. The molecule has 0 saturated heterocycles. The highest BCUT2D eigenvalue weighted by molar-refractivity contribution is 6.51. The van der Waals surface area contributed by atoms with Crippen LogP contribution in [0.1, 0.15) is 27.7 Å². The van der Waals surface area contributed by atoms with Crippen molar-refractivity contribution in [3.63, 3.8) is 0 Å². The lowest BCUT2D eigenvalue weighted by atomic mass is 9.78. The molecule has 1 aromatic carbocycles. The summed E-state index contributed by atoms with van der Waals surface area (Å²) >= 11 is 0. The van der Waals surface area contributed by atoms with Gasteiger partial charge in [-0.2, -0.15) is 0 Å². The van der Waals surface area contributed by atoms with Crippen molar-refractivity contribution in [3.05, 3.63) is 18.2 Å². The second-order valence-corrected chi connectivity index (χ2v) is 5.08.